The van der Waals surface area contributed by atoms with Crippen molar-refractivity contribution in [1.29, 1.82) is 0 Å². The molecule has 1 aliphatic heterocycles. The van der Waals surface area contributed by atoms with Crippen LogP contribution in [-0.2, 0) is 16.3 Å². The number of esters is 1. The second kappa shape index (κ2) is 8.74. The number of carbonyl (C=O) groups excluding carboxylic acids is 1. The highest BCUT2D eigenvalue weighted by atomic mass is 19.4. The van der Waals surface area contributed by atoms with E-state index in [1.165, 1.54) is 0 Å². The third-order valence-electron chi connectivity index (χ3n) is 6.80. The predicted molar refractivity (Wildman–Crippen MR) is 116 cm³/mol. The average Bonchev–Trinajstić information content (AvgIpc) is 3.15. The molecule has 4 rings (SSSR count). The molecule has 1 aliphatic carbocycles. The van der Waals surface area contributed by atoms with E-state index in [2.05, 4.69) is 11.0 Å². The molecule has 176 valence electrons. The van der Waals surface area contributed by atoms with Crippen LogP contribution in [0.25, 0.3) is 0 Å². The minimum atomic E-state index is -4.45. The smallest absolute Gasteiger partial charge is 0.416 e. The summed E-state index contributed by atoms with van der Waals surface area (Å²) in [5, 5.41) is 0. The van der Waals surface area contributed by atoms with Gasteiger partial charge in [0.15, 0.2) is 11.5 Å². The zero-order valence-corrected chi connectivity index (χ0v) is 18.7. The minimum absolute atomic E-state index is 0.0837. The fourth-order valence-electron chi connectivity index (χ4n) is 4.94. The number of likely N-dealkylation sites (N-methyl/N-ethyl adjacent to an activating group) is 1. The van der Waals surface area contributed by atoms with Gasteiger partial charge in [-0.15, -0.1) is 0 Å². The number of allylic oxidation sites excluding steroid dienone is 1. The van der Waals surface area contributed by atoms with Crippen LogP contribution in [0.2, 0.25) is 0 Å². The second-order valence-corrected chi connectivity index (χ2v) is 8.52. The van der Waals surface area contributed by atoms with Gasteiger partial charge in [-0.3, -0.25) is 0 Å². The topological polar surface area (TPSA) is 48.0 Å². The number of benzene rings is 2. The van der Waals surface area contributed by atoms with E-state index in [9.17, 15) is 18.0 Å². The largest absolute Gasteiger partial charge is 0.493 e. The third kappa shape index (κ3) is 4.31. The molecule has 0 radical (unpaired) electrons. The summed E-state index contributed by atoms with van der Waals surface area (Å²) in [6, 6.07) is 10.1. The first-order chi connectivity index (χ1) is 15.7. The molecule has 1 heterocycles. The Morgan fingerprint density at radius 1 is 1.06 bits per heavy atom. The van der Waals surface area contributed by atoms with E-state index >= 15 is 0 Å². The third-order valence-corrected chi connectivity index (χ3v) is 6.80. The van der Waals surface area contributed by atoms with Crippen LogP contribution in [0, 0.1) is 0 Å². The Morgan fingerprint density at radius 2 is 1.76 bits per heavy atom. The molecule has 5 nitrogen and oxygen atoms in total. The van der Waals surface area contributed by atoms with Crippen molar-refractivity contribution >= 4 is 5.97 Å². The van der Waals surface area contributed by atoms with Crippen molar-refractivity contribution in [2.45, 2.75) is 36.9 Å². The summed E-state index contributed by atoms with van der Waals surface area (Å²) >= 11 is 0. The van der Waals surface area contributed by atoms with Crippen molar-refractivity contribution in [3.63, 3.8) is 0 Å². The Labute approximate surface area is 190 Å². The normalized spacial score (nSPS) is 23.0. The van der Waals surface area contributed by atoms with E-state index in [0.29, 0.717) is 30.1 Å². The fraction of sp³-hybridized carbons (Fsp3) is 0.400. The lowest BCUT2D eigenvalue weighted by atomic mass is 9.68. The first-order valence-electron chi connectivity index (χ1n) is 10.7. The molecule has 0 bridgehead atoms. The lowest BCUT2D eigenvalue weighted by Gasteiger charge is -2.40. The van der Waals surface area contributed by atoms with Crippen LogP contribution < -0.4 is 9.47 Å². The van der Waals surface area contributed by atoms with Gasteiger partial charge in [0.2, 0.25) is 0 Å². The van der Waals surface area contributed by atoms with Crippen molar-refractivity contribution in [2.75, 3.05) is 27.8 Å². The van der Waals surface area contributed by atoms with E-state index in [4.69, 9.17) is 14.2 Å². The first kappa shape index (κ1) is 23.2. The Kier molecular flexibility index (Phi) is 6.14. The lowest BCUT2D eigenvalue weighted by Crippen LogP contribution is -2.43. The number of hydrogen-bond donors (Lipinski definition) is 0. The number of halogens is 3. The maximum Gasteiger partial charge on any atom is 0.416 e. The van der Waals surface area contributed by atoms with E-state index in [1.54, 1.807) is 14.2 Å². The number of likely N-dealkylation sites (tertiary alicyclic amines) is 1. The summed E-state index contributed by atoms with van der Waals surface area (Å²) in [5.41, 5.74) is 0.265. The minimum Gasteiger partial charge on any atom is -0.493 e. The molecular formula is C25H26F3NO4. The molecule has 2 aromatic carbocycles. The zero-order chi connectivity index (χ0) is 23.8. The molecular weight excluding hydrogens is 435 g/mol. The number of hydrogen-bond acceptors (Lipinski definition) is 5. The number of fused-ring (bicyclic) bond motifs is 1. The zero-order valence-electron chi connectivity index (χ0n) is 18.7. The van der Waals surface area contributed by atoms with Crippen LogP contribution in [0.5, 0.6) is 11.5 Å². The second-order valence-electron chi connectivity index (χ2n) is 8.52. The molecule has 2 atom stereocenters. The van der Waals surface area contributed by atoms with Crippen LogP contribution in [0.15, 0.2) is 54.3 Å². The molecule has 1 saturated heterocycles. The lowest BCUT2D eigenvalue weighted by molar-refractivity contribution is -0.137. The fourth-order valence-corrected chi connectivity index (χ4v) is 4.94. The first-order valence-corrected chi connectivity index (χ1v) is 10.7. The molecule has 0 saturated carbocycles. The number of carbonyl (C=O) groups is 1. The predicted octanol–water partition coefficient (Wildman–Crippen LogP) is 5.20. The molecule has 8 heteroatoms. The Bertz CT molecular complexity index is 1060. The molecule has 0 amide bonds. The molecule has 2 aromatic rings. The monoisotopic (exact) mass is 461 g/mol. The summed E-state index contributed by atoms with van der Waals surface area (Å²) < 4.78 is 54.8. The molecule has 0 N–H and O–H groups in total. The van der Waals surface area contributed by atoms with Gasteiger partial charge in [0.1, 0.15) is 5.76 Å². The number of rotatable bonds is 5. The molecule has 0 unspecified atom stereocenters. The quantitative estimate of drug-likeness (QED) is 0.573. The number of nitrogens with zero attached hydrogens (tertiary/aromatic N) is 1. The van der Waals surface area contributed by atoms with Gasteiger partial charge in [-0.05, 0) is 74.5 Å². The van der Waals surface area contributed by atoms with E-state index < -0.39 is 17.7 Å². The van der Waals surface area contributed by atoms with Crippen molar-refractivity contribution in [2.24, 2.45) is 0 Å². The Hall–Kier alpha value is -3.00. The van der Waals surface area contributed by atoms with E-state index in [0.717, 1.165) is 42.8 Å². The molecule has 0 aromatic heterocycles. The molecule has 1 fully saturated rings. The van der Waals surface area contributed by atoms with Crippen LogP contribution >= 0.6 is 0 Å². The summed E-state index contributed by atoms with van der Waals surface area (Å²) in [7, 11) is 5.26. The molecule has 2 aliphatic rings. The Morgan fingerprint density at radius 3 is 2.39 bits per heavy atom. The highest BCUT2D eigenvalue weighted by Gasteiger charge is 2.49. The Balaban J connectivity index is 1.55. The van der Waals surface area contributed by atoms with Crippen molar-refractivity contribution in [3.8, 4) is 11.5 Å². The highest BCUT2D eigenvalue weighted by Crippen LogP contribution is 2.49. The maximum atomic E-state index is 12.8. The number of ether oxygens (including phenoxy) is 3. The van der Waals surface area contributed by atoms with Crippen LogP contribution in [0.1, 0.15) is 40.7 Å². The van der Waals surface area contributed by atoms with Crippen molar-refractivity contribution in [1.82, 2.24) is 4.90 Å². The molecule has 0 spiro atoms. The summed E-state index contributed by atoms with van der Waals surface area (Å²) in [6.45, 7) is 0.896. The van der Waals surface area contributed by atoms with Crippen molar-refractivity contribution < 1.29 is 32.2 Å². The van der Waals surface area contributed by atoms with Crippen LogP contribution in [-0.4, -0.2) is 44.7 Å². The molecule has 33 heavy (non-hydrogen) atoms. The average molecular weight is 461 g/mol. The summed E-state index contributed by atoms with van der Waals surface area (Å²) in [6.07, 6.45) is -0.381. The summed E-state index contributed by atoms with van der Waals surface area (Å²) in [4.78, 5) is 14.8. The highest BCUT2D eigenvalue weighted by molar-refractivity contribution is 5.90. The van der Waals surface area contributed by atoms with Gasteiger partial charge in [0.25, 0.3) is 0 Å². The van der Waals surface area contributed by atoms with Gasteiger partial charge in [0.05, 0.1) is 25.3 Å². The van der Waals surface area contributed by atoms with Gasteiger partial charge in [-0.2, -0.15) is 13.2 Å². The maximum absolute atomic E-state index is 12.8. The SMILES string of the molecule is COc1ccc([C@@]23CC=C(OC(=O)c4ccc(C(F)(F)F)cc4)C[C@@H]2N(C)CC3)cc1OC. The van der Waals surface area contributed by atoms with E-state index in [1.807, 2.05) is 25.3 Å². The van der Waals surface area contributed by atoms with Gasteiger partial charge < -0.3 is 19.1 Å². The van der Waals surface area contributed by atoms with Crippen LogP contribution in [0.4, 0.5) is 13.2 Å². The van der Waals surface area contributed by atoms with Gasteiger partial charge in [0, 0.05) is 17.9 Å². The van der Waals surface area contributed by atoms with Gasteiger partial charge in [-0.1, -0.05) is 6.07 Å². The van der Waals surface area contributed by atoms with E-state index in [-0.39, 0.29) is 17.0 Å². The van der Waals surface area contributed by atoms with Gasteiger partial charge >= 0.3 is 12.1 Å². The standard InChI is InChI=1S/C25H26F3NO4/c1-29-13-12-24(18-8-9-20(31-2)21(14-18)32-3)11-10-19(15-22(24)29)33-23(30)16-4-6-17(7-5-16)25(26,27)28/h4-10,14,22H,11-13,15H2,1-3H3/t22-,24-/m0/s1. The van der Waals surface area contributed by atoms with Crippen LogP contribution in [0.3, 0.4) is 0 Å². The number of alkyl halides is 3. The van der Waals surface area contributed by atoms with Crippen molar-refractivity contribution in [3.05, 3.63) is 71.0 Å². The van der Waals surface area contributed by atoms with Gasteiger partial charge in [-0.25, -0.2) is 4.79 Å². The number of methoxy groups -OCH3 is 2. The summed E-state index contributed by atoms with van der Waals surface area (Å²) in [5.74, 6) is 1.21.